The maximum absolute atomic E-state index is 6.24. The zero-order valence-corrected chi connectivity index (χ0v) is 15.9. The van der Waals surface area contributed by atoms with Gasteiger partial charge >= 0.3 is 0 Å². The molecule has 3 nitrogen and oxygen atoms in total. The van der Waals surface area contributed by atoms with Gasteiger partial charge in [-0.3, -0.25) is 4.68 Å². The van der Waals surface area contributed by atoms with E-state index >= 15 is 0 Å². The third-order valence-electron chi connectivity index (χ3n) is 3.21. The lowest BCUT2D eigenvalue weighted by molar-refractivity contribution is 0.292. The number of aryl methyl sites for hydroxylation is 2. The summed E-state index contributed by atoms with van der Waals surface area (Å²) >= 11 is 13.3. The Labute approximate surface area is 146 Å². The molecule has 0 aliphatic heterocycles. The third kappa shape index (κ3) is 3.82. The van der Waals surface area contributed by atoms with Gasteiger partial charge in [0.15, 0.2) is 0 Å². The van der Waals surface area contributed by atoms with Crippen LogP contribution in [0.3, 0.4) is 0 Å². The van der Waals surface area contributed by atoms with Gasteiger partial charge < -0.3 is 4.74 Å². The summed E-state index contributed by atoms with van der Waals surface area (Å²) in [6.45, 7) is 5.41. The van der Waals surface area contributed by atoms with Crippen LogP contribution in [0, 0.1) is 0 Å². The summed E-state index contributed by atoms with van der Waals surface area (Å²) in [4.78, 5) is 0. The number of aromatic nitrogens is 2. The molecule has 0 atom stereocenters. The highest BCUT2D eigenvalue weighted by molar-refractivity contribution is 9.10. The normalized spacial score (nSPS) is 10.9. The van der Waals surface area contributed by atoms with E-state index < -0.39 is 0 Å². The Balaban J connectivity index is 2.18. The molecule has 6 heteroatoms. The fourth-order valence-electron chi connectivity index (χ4n) is 2.05. The Morgan fingerprint density at radius 1 is 1.33 bits per heavy atom. The second-order valence-corrected chi connectivity index (χ2v) is 6.32. The minimum absolute atomic E-state index is 0.439. The maximum Gasteiger partial charge on any atom is 0.138 e. The van der Waals surface area contributed by atoms with Gasteiger partial charge in [0.1, 0.15) is 12.4 Å². The van der Waals surface area contributed by atoms with Gasteiger partial charge in [-0.2, -0.15) is 5.10 Å². The molecule has 1 aromatic heterocycles. The van der Waals surface area contributed by atoms with E-state index in [1.54, 1.807) is 0 Å². The number of halogens is 3. The van der Waals surface area contributed by atoms with E-state index in [1.165, 1.54) is 0 Å². The topological polar surface area (TPSA) is 27.1 Å². The summed E-state index contributed by atoms with van der Waals surface area (Å²) in [7, 11) is 0. The van der Waals surface area contributed by atoms with Crippen molar-refractivity contribution in [2.75, 3.05) is 0 Å². The summed E-state index contributed by atoms with van der Waals surface area (Å²) in [6, 6.07) is 5.81. The molecule has 0 spiro atoms. The molecular weight excluding hydrogens is 419 g/mol. The summed E-state index contributed by atoms with van der Waals surface area (Å²) in [5, 5.41) is 5.96. The first-order valence-electron chi connectivity index (χ1n) is 6.81. The van der Waals surface area contributed by atoms with Crippen LogP contribution in [-0.4, -0.2) is 9.78 Å². The highest BCUT2D eigenvalue weighted by Gasteiger charge is 2.15. The summed E-state index contributed by atoms with van der Waals surface area (Å²) in [6.07, 6.45) is 0.890. The molecule has 0 aliphatic carbocycles. The van der Waals surface area contributed by atoms with Gasteiger partial charge in [-0.05, 0) is 47.0 Å². The molecule has 0 saturated heterocycles. The number of benzene rings is 1. The van der Waals surface area contributed by atoms with Crippen molar-refractivity contribution in [3.05, 3.63) is 44.6 Å². The molecule has 0 N–H and O–H groups in total. The fraction of sp³-hybridized carbons (Fsp3) is 0.400. The first-order chi connectivity index (χ1) is 10.1. The second-order valence-electron chi connectivity index (χ2n) is 4.56. The van der Waals surface area contributed by atoms with E-state index in [0.717, 1.165) is 39.7 Å². The maximum atomic E-state index is 6.24. The van der Waals surface area contributed by atoms with E-state index in [4.69, 9.17) is 16.3 Å². The molecule has 2 rings (SSSR count). The Hall–Kier alpha value is -0.520. The monoisotopic (exact) mass is 434 g/mol. The van der Waals surface area contributed by atoms with E-state index in [0.29, 0.717) is 17.4 Å². The minimum atomic E-state index is 0.439. The minimum Gasteiger partial charge on any atom is -0.486 e. The van der Waals surface area contributed by atoms with Crippen LogP contribution in [0.2, 0.25) is 5.02 Å². The highest BCUT2D eigenvalue weighted by Crippen LogP contribution is 2.29. The van der Waals surface area contributed by atoms with Crippen LogP contribution in [0.5, 0.6) is 5.75 Å². The Kier molecular flexibility index (Phi) is 6.14. The molecule has 0 radical (unpaired) electrons. The summed E-state index contributed by atoms with van der Waals surface area (Å²) < 4.78 is 8.86. The van der Waals surface area contributed by atoms with Gasteiger partial charge in [0, 0.05) is 11.9 Å². The number of rotatable bonds is 6. The molecule has 0 fully saturated rings. The number of ether oxygens (including phenoxy) is 1. The van der Waals surface area contributed by atoms with Crippen molar-refractivity contribution in [1.82, 2.24) is 9.78 Å². The first kappa shape index (κ1) is 16.8. The van der Waals surface area contributed by atoms with Crippen molar-refractivity contribution < 1.29 is 4.74 Å². The Morgan fingerprint density at radius 2 is 2.10 bits per heavy atom. The molecular formula is C15H17Br2ClN2O. The van der Waals surface area contributed by atoms with Crippen LogP contribution in [0.1, 0.15) is 30.8 Å². The SMILES string of the molecule is CCc1nn(CC)c(COc2ccc(CBr)cc2Cl)c1Br. The van der Waals surface area contributed by atoms with Gasteiger partial charge in [-0.25, -0.2) is 0 Å². The van der Waals surface area contributed by atoms with Crippen LogP contribution in [0.25, 0.3) is 0 Å². The van der Waals surface area contributed by atoms with Crippen LogP contribution < -0.4 is 4.74 Å². The quantitative estimate of drug-likeness (QED) is 0.571. The van der Waals surface area contributed by atoms with Crippen molar-refractivity contribution in [1.29, 1.82) is 0 Å². The molecule has 1 aromatic carbocycles. The number of hydrogen-bond donors (Lipinski definition) is 0. The van der Waals surface area contributed by atoms with Crippen LogP contribution in [0.15, 0.2) is 22.7 Å². The number of hydrogen-bond acceptors (Lipinski definition) is 2. The summed E-state index contributed by atoms with van der Waals surface area (Å²) in [5.41, 5.74) is 3.21. The molecule has 114 valence electrons. The molecule has 0 saturated carbocycles. The highest BCUT2D eigenvalue weighted by atomic mass is 79.9. The Morgan fingerprint density at radius 3 is 2.67 bits per heavy atom. The molecule has 21 heavy (non-hydrogen) atoms. The number of alkyl halides is 1. The molecule has 1 heterocycles. The van der Waals surface area contributed by atoms with Crippen LogP contribution in [0.4, 0.5) is 0 Å². The van der Waals surface area contributed by atoms with E-state index in [9.17, 15) is 0 Å². The lowest BCUT2D eigenvalue weighted by Gasteiger charge is -2.10. The van der Waals surface area contributed by atoms with Crippen molar-refractivity contribution in [2.45, 2.75) is 38.8 Å². The van der Waals surface area contributed by atoms with Crippen molar-refractivity contribution in [2.24, 2.45) is 0 Å². The average molecular weight is 437 g/mol. The van der Waals surface area contributed by atoms with Crippen molar-refractivity contribution >= 4 is 43.5 Å². The van der Waals surface area contributed by atoms with Gasteiger partial charge in [0.25, 0.3) is 0 Å². The molecule has 0 bridgehead atoms. The zero-order chi connectivity index (χ0) is 15.4. The van der Waals surface area contributed by atoms with E-state index in [-0.39, 0.29) is 0 Å². The fourth-order valence-corrected chi connectivity index (χ4v) is 3.33. The van der Waals surface area contributed by atoms with E-state index in [2.05, 4.69) is 50.8 Å². The Bertz CT molecular complexity index is 628. The third-order valence-corrected chi connectivity index (χ3v) is 5.07. The molecule has 0 aliphatic rings. The molecule has 2 aromatic rings. The number of nitrogens with zero attached hydrogens (tertiary/aromatic N) is 2. The molecule has 0 unspecified atom stereocenters. The molecule has 0 amide bonds. The predicted octanol–water partition coefficient (Wildman–Crippen LogP) is 5.36. The smallest absolute Gasteiger partial charge is 0.138 e. The van der Waals surface area contributed by atoms with Gasteiger partial charge in [-0.15, -0.1) is 0 Å². The standard InChI is InChI=1S/C15H17Br2ClN2O/c1-3-12-15(17)13(20(4-2)19-12)9-21-14-6-5-10(8-16)7-11(14)18/h5-7H,3-4,8-9H2,1-2H3. The van der Waals surface area contributed by atoms with Crippen LogP contribution in [-0.2, 0) is 24.9 Å². The first-order valence-corrected chi connectivity index (χ1v) is 9.11. The van der Waals surface area contributed by atoms with Crippen molar-refractivity contribution in [3.63, 3.8) is 0 Å². The zero-order valence-electron chi connectivity index (χ0n) is 12.0. The lowest BCUT2D eigenvalue weighted by atomic mass is 10.2. The van der Waals surface area contributed by atoms with Gasteiger partial charge in [-0.1, -0.05) is 40.5 Å². The predicted molar refractivity (Wildman–Crippen MR) is 93.4 cm³/mol. The van der Waals surface area contributed by atoms with Gasteiger partial charge in [0.05, 0.1) is 20.9 Å². The van der Waals surface area contributed by atoms with E-state index in [1.807, 2.05) is 22.9 Å². The largest absolute Gasteiger partial charge is 0.486 e. The average Bonchev–Trinajstić information content (AvgIpc) is 2.81. The van der Waals surface area contributed by atoms with Gasteiger partial charge in [0.2, 0.25) is 0 Å². The lowest BCUT2D eigenvalue weighted by Crippen LogP contribution is -2.06. The summed E-state index contributed by atoms with van der Waals surface area (Å²) in [5.74, 6) is 0.690. The second kappa shape index (κ2) is 7.65. The van der Waals surface area contributed by atoms with Crippen molar-refractivity contribution in [3.8, 4) is 5.75 Å². The van der Waals surface area contributed by atoms with Crippen LogP contribution >= 0.6 is 43.5 Å².